The summed E-state index contributed by atoms with van der Waals surface area (Å²) in [7, 11) is 3.11. The van der Waals surface area contributed by atoms with Gasteiger partial charge in [0.25, 0.3) is 0 Å². The molecule has 14 heavy (non-hydrogen) atoms. The smallest absolute Gasteiger partial charge is 0.306 e. The van der Waals surface area contributed by atoms with E-state index in [-0.39, 0.29) is 24.3 Å². The topological polar surface area (TPSA) is 72.6 Å². The van der Waals surface area contributed by atoms with E-state index in [1.807, 2.05) is 6.92 Å². The van der Waals surface area contributed by atoms with Crippen LogP contribution in [0.15, 0.2) is 0 Å². The molecule has 1 atom stereocenters. The van der Waals surface area contributed by atoms with Crippen molar-refractivity contribution in [1.29, 1.82) is 0 Å². The van der Waals surface area contributed by atoms with E-state index in [9.17, 15) is 9.59 Å². The molecule has 0 aromatic rings. The Balaban J connectivity index is 3.98. The van der Waals surface area contributed by atoms with E-state index in [4.69, 9.17) is 5.73 Å². The summed E-state index contributed by atoms with van der Waals surface area (Å²) in [5.74, 6) is -0.643. The zero-order chi connectivity index (χ0) is 11.1. The van der Waals surface area contributed by atoms with Crippen LogP contribution in [0.4, 0.5) is 0 Å². The first kappa shape index (κ1) is 12.9. The SMILES string of the molecule is CCC(C(N)=O)N(C)CCC(=O)OC. The quantitative estimate of drug-likeness (QED) is 0.602. The number of hydrogen-bond acceptors (Lipinski definition) is 4. The van der Waals surface area contributed by atoms with Gasteiger partial charge < -0.3 is 10.5 Å². The summed E-state index contributed by atoms with van der Waals surface area (Å²) >= 11 is 0. The number of esters is 1. The van der Waals surface area contributed by atoms with Crippen LogP contribution in [-0.4, -0.2) is 43.5 Å². The number of nitrogens with two attached hydrogens (primary N) is 1. The van der Waals surface area contributed by atoms with E-state index in [1.165, 1.54) is 7.11 Å². The lowest BCUT2D eigenvalue weighted by Gasteiger charge is -2.23. The molecule has 0 bridgehead atoms. The zero-order valence-corrected chi connectivity index (χ0v) is 8.95. The van der Waals surface area contributed by atoms with E-state index in [0.717, 1.165) is 0 Å². The summed E-state index contributed by atoms with van der Waals surface area (Å²) in [6, 6.07) is -0.306. The molecule has 0 aliphatic heterocycles. The summed E-state index contributed by atoms with van der Waals surface area (Å²) in [6.45, 7) is 2.36. The lowest BCUT2D eigenvalue weighted by atomic mass is 10.2. The molecule has 0 heterocycles. The highest BCUT2D eigenvalue weighted by Crippen LogP contribution is 2.02. The van der Waals surface area contributed by atoms with E-state index < -0.39 is 0 Å². The van der Waals surface area contributed by atoms with Crippen molar-refractivity contribution in [1.82, 2.24) is 4.90 Å². The molecule has 0 saturated carbocycles. The Labute approximate surface area is 84.2 Å². The molecule has 0 aromatic heterocycles. The van der Waals surface area contributed by atoms with Crippen molar-refractivity contribution in [3.8, 4) is 0 Å². The molecular weight excluding hydrogens is 184 g/mol. The molecule has 1 amide bonds. The first-order chi connectivity index (χ1) is 6.52. The molecule has 0 aliphatic carbocycles. The molecule has 0 aromatic carbocycles. The van der Waals surface area contributed by atoms with Gasteiger partial charge in [-0.05, 0) is 13.5 Å². The molecule has 82 valence electrons. The van der Waals surface area contributed by atoms with Crippen molar-refractivity contribution < 1.29 is 14.3 Å². The first-order valence-corrected chi connectivity index (χ1v) is 4.59. The highest BCUT2D eigenvalue weighted by Gasteiger charge is 2.18. The maximum atomic E-state index is 11.0. The predicted octanol–water partition coefficient (Wildman–Crippen LogP) is -0.255. The minimum absolute atomic E-state index is 0.275. The summed E-state index contributed by atoms with van der Waals surface area (Å²) < 4.78 is 4.49. The van der Waals surface area contributed by atoms with Gasteiger partial charge in [-0.25, -0.2) is 0 Å². The minimum atomic E-state index is -0.361. The maximum absolute atomic E-state index is 11.0. The Kier molecular flexibility index (Phi) is 5.87. The molecule has 5 heteroatoms. The Morgan fingerprint density at radius 1 is 1.50 bits per heavy atom. The van der Waals surface area contributed by atoms with Gasteiger partial charge in [0.05, 0.1) is 19.6 Å². The lowest BCUT2D eigenvalue weighted by molar-refractivity contribution is -0.141. The molecule has 0 saturated heterocycles. The molecule has 1 unspecified atom stereocenters. The average molecular weight is 202 g/mol. The van der Waals surface area contributed by atoms with Crippen LogP contribution >= 0.6 is 0 Å². The highest BCUT2D eigenvalue weighted by atomic mass is 16.5. The summed E-state index contributed by atoms with van der Waals surface area (Å²) in [5, 5.41) is 0. The van der Waals surface area contributed by atoms with E-state index in [0.29, 0.717) is 13.0 Å². The van der Waals surface area contributed by atoms with E-state index in [2.05, 4.69) is 4.74 Å². The first-order valence-electron chi connectivity index (χ1n) is 4.59. The van der Waals surface area contributed by atoms with Crippen LogP contribution in [-0.2, 0) is 14.3 Å². The molecule has 0 rings (SSSR count). The molecule has 2 N–H and O–H groups in total. The number of nitrogens with zero attached hydrogens (tertiary/aromatic N) is 1. The van der Waals surface area contributed by atoms with Crippen LogP contribution in [0.5, 0.6) is 0 Å². The van der Waals surface area contributed by atoms with Gasteiger partial charge >= 0.3 is 5.97 Å². The number of likely N-dealkylation sites (N-methyl/N-ethyl adjacent to an activating group) is 1. The van der Waals surface area contributed by atoms with Gasteiger partial charge in [0.2, 0.25) is 5.91 Å². The number of methoxy groups -OCH3 is 1. The number of rotatable bonds is 6. The van der Waals surface area contributed by atoms with Gasteiger partial charge in [-0.3, -0.25) is 14.5 Å². The van der Waals surface area contributed by atoms with Crippen LogP contribution in [0.25, 0.3) is 0 Å². The van der Waals surface area contributed by atoms with Crippen molar-refractivity contribution in [3.05, 3.63) is 0 Å². The Morgan fingerprint density at radius 2 is 2.07 bits per heavy atom. The zero-order valence-electron chi connectivity index (χ0n) is 8.95. The van der Waals surface area contributed by atoms with Gasteiger partial charge in [-0.2, -0.15) is 0 Å². The van der Waals surface area contributed by atoms with Gasteiger partial charge in [0.1, 0.15) is 0 Å². The van der Waals surface area contributed by atoms with Crippen molar-refractivity contribution >= 4 is 11.9 Å². The number of primary amides is 1. The number of hydrogen-bond donors (Lipinski definition) is 1. The fourth-order valence-corrected chi connectivity index (χ4v) is 1.26. The van der Waals surface area contributed by atoms with E-state index in [1.54, 1.807) is 11.9 Å². The Hall–Kier alpha value is -1.10. The fraction of sp³-hybridized carbons (Fsp3) is 0.778. The molecule has 0 spiro atoms. The molecule has 0 radical (unpaired) electrons. The third-order valence-corrected chi connectivity index (χ3v) is 2.14. The van der Waals surface area contributed by atoms with Gasteiger partial charge in [0, 0.05) is 6.54 Å². The molecule has 0 aliphatic rings. The lowest BCUT2D eigenvalue weighted by Crippen LogP contribution is -2.42. The normalized spacial score (nSPS) is 12.6. The van der Waals surface area contributed by atoms with Crippen LogP contribution in [0.3, 0.4) is 0 Å². The van der Waals surface area contributed by atoms with Gasteiger partial charge in [-0.15, -0.1) is 0 Å². The van der Waals surface area contributed by atoms with Crippen LogP contribution < -0.4 is 5.73 Å². The van der Waals surface area contributed by atoms with Crippen LogP contribution in [0, 0.1) is 0 Å². The summed E-state index contributed by atoms with van der Waals surface area (Å²) in [6.07, 6.45) is 0.920. The fourth-order valence-electron chi connectivity index (χ4n) is 1.26. The second-order valence-electron chi connectivity index (χ2n) is 3.13. The monoisotopic (exact) mass is 202 g/mol. The standard InChI is InChI=1S/C9H18N2O3/c1-4-7(9(10)13)11(2)6-5-8(12)14-3/h7H,4-6H2,1-3H3,(H2,10,13). The van der Waals surface area contributed by atoms with Gasteiger partial charge in [-0.1, -0.05) is 6.92 Å². The predicted molar refractivity (Wildman–Crippen MR) is 52.5 cm³/mol. The third kappa shape index (κ3) is 4.23. The number of carbonyl (C=O) groups excluding carboxylic acids is 2. The number of amides is 1. The number of ether oxygens (including phenoxy) is 1. The third-order valence-electron chi connectivity index (χ3n) is 2.14. The summed E-state index contributed by atoms with van der Waals surface area (Å²) in [4.78, 5) is 23.5. The van der Waals surface area contributed by atoms with Crippen molar-refractivity contribution in [2.24, 2.45) is 5.73 Å². The Morgan fingerprint density at radius 3 is 2.43 bits per heavy atom. The Bertz CT molecular complexity index is 206. The second-order valence-corrected chi connectivity index (χ2v) is 3.13. The van der Waals surface area contributed by atoms with Crippen molar-refractivity contribution in [3.63, 3.8) is 0 Å². The second kappa shape index (κ2) is 6.37. The van der Waals surface area contributed by atoms with Crippen LogP contribution in [0.1, 0.15) is 19.8 Å². The van der Waals surface area contributed by atoms with E-state index >= 15 is 0 Å². The number of carbonyl (C=O) groups is 2. The summed E-state index contributed by atoms with van der Waals surface area (Å²) in [5.41, 5.74) is 5.19. The maximum Gasteiger partial charge on any atom is 0.306 e. The van der Waals surface area contributed by atoms with Crippen molar-refractivity contribution in [2.75, 3.05) is 20.7 Å². The highest BCUT2D eigenvalue weighted by molar-refractivity contribution is 5.79. The van der Waals surface area contributed by atoms with Crippen molar-refractivity contribution in [2.45, 2.75) is 25.8 Å². The average Bonchev–Trinajstić information content (AvgIpc) is 2.14. The molecule has 5 nitrogen and oxygen atoms in total. The van der Waals surface area contributed by atoms with Gasteiger partial charge in [0.15, 0.2) is 0 Å². The molecule has 0 fully saturated rings. The molecular formula is C9H18N2O3. The minimum Gasteiger partial charge on any atom is -0.469 e. The van der Waals surface area contributed by atoms with Crippen LogP contribution in [0.2, 0.25) is 0 Å². The largest absolute Gasteiger partial charge is 0.469 e.